The number of nitrogens with one attached hydrogen (secondary N) is 1. The van der Waals surface area contributed by atoms with Crippen LogP contribution in [0.25, 0.3) is 0 Å². The topological polar surface area (TPSA) is 83.4 Å². The molecule has 2 amide bonds. The zero-order valence-electron chi connectivity index (χ0n) is 17.8. The lowest BCUT2D eigenvalue weighted by Crippen LogP contribution is -2.49. The van der Waals surface area contributed by atoms with Gasteiger partial charge in [0.25, 0.3) is 5.91 Å². The van der Waals surface area contributed by atoms with E-state index in [-0.39, 0.29) is 17.9 Å². The van der Waals surface area contributed by atoms with Crippen molar-refractivity contribution in [1.82, 2.24) is 29.7 Å². The van der Waals surface area contributed by atoms with Gasteiger partial charge in [-0.2, -0.15) is 0 Å². The normalized spacial score (nSPS) is 19.2. The molecule has 2 aromatic heterocycles. The van der Waals surface area contributed by atoms with Crippen molar-refractivity contribution in [1.29, 1.82) is 0 Å². The predicted octanol–water partition coefficient (Wildman–Crippen LogP) is 1.81. The summed E-state index contributed by atoms with van der Waals surface area (Å²) in [5, 5.41) is 3.08. The minimum atomic E-state index is -0.690. The van der Waals surface area contributed by atoms with Crippen molar-refractivity contribution in [3.05, 3.63) is 47.8 Å². The van der Waals surface area contributed by atoms with Crippen LogP contribution in [-0.2, 0) is 11.2 Å². The van der Waals surface area contributed by atoms with Crippen molar-refractivity contribution in [2.45, 2.75) is 45.2 Å². The van der Waals surface area contributed by atoms with Gasteiger partial charge in [0.05, 0.1) is 23.3 Å². The lowest BCUT2D eigenvalue weighted by Gasteiger charge is -2.36. The fourth-order valence-electron chi connectivity index (χ4n) is 4.40. The minimum absolute atomic E-state index is 0.144. The third kappa shape index (κ3) is 4.09. The maximum absolute atomic E-state index is 13.4. The summed E-state index contributed by atoms with van der Waals surface area (Å²) < 4.78 is 2.02. The quantitative estimate of drug-likeness (QED) is 0.785. The minimum Gasteiger partial charge on any atom is -0.353 e. The molecule has 30 heavy (non-hydrogen) atoms. The summed E-state index contributed by atoms with van der Waals surface area (Å²) in [6.45, 7) is 8.18. The second-order valence-corrected chi connectivity index (χ2v) is 8.31. The average Bonchev–Trinajstić information content (AvgIpc) is 3.42. The molecule has 8 heteroatoms. The molecule has 0 spiro atoms. The number of hydrogen-bond donors (Lipinski definition) is 1. The summed E-state index contributed by atoms with van der Waals surface area (Å²) in [6.07, 6.45) is 8.07. The molecule has 1 saturated heterocycles. The maximum atomic E-state index is 13.4. The Morgan fingerprint density at radius 3 is 2.73 bits per heavy atom. The standard InChI is InChI=1S/C22H30N6O2/c1-16(2)28-15-25-18-7-12-27(22(30)17-6-5-8-23-14-17)20(19(18)28)21(29)24-9-13-26-10-3-4-11-26/h5-6,8,14-16,20H,3-4,7,9-13H2,1-2H3,(H,24,29). The van der Waals surface area contributed by atoms with E-state index >= 15 is 0 Å². The van der Waals surface area contributed by atoms with Crippen LogP contribution in [0.15, 0.2) is 30.9 Å². The van der Waals surface area contributed by atoms with Crippen molar-refractivity contribution < 1.29 is 9.59 Å². The molecule has 4 heterocycles. The number of aromatic nitrogens is 3. The molecule has 160 valence electrons. The van der Waals surface area contributed by atoms with E-state index in [2.05, 4.69) is 34.0 Å². The fourth-order valence-corrected chi connectivity index (χ4v) is 4.40. The van der Waals surface area contributed by atoms with E-state index in [0.717, 1.165) is 31.0 Å². The van der Waals surface area contributed by atoms with E-state index in [1.807, 2.05) is 4.57 Å². The number of pyridine rings is 1. The van der Waals surface area contributed by atoms with Gasteiger partial charge < -0.3 is 19.7 Å². The molecule has 1 fully saturated rings. The first kappa shape index (κ1) is 20.5. The molecule has 0 bridgehead atoms. The number of nitrogens with zero attached hydrogens (tertiary/aromatic N) is 5. The van der Waals surface area contributed by atoms with Gasteiger partial charge in [-0.25, -0.2) is 4.98 Å². The van der Waals surface area contributed by atoms with Crippen LogP contribution in [0.4, 0.5) is 0 Å². The number of amides is 2. The van der Waals surface area contributed by atoms with Crippen LogP contribution in [-0.4, -0.2) is 68.9 Å². The molecule has 2 aliphatic heterocycles. The van der Waals surface area contributed by atoms with Crippen molar-refractivity contribution in [2.24, 2.45) is 0 Å². The Bertz CT molecular complexity index is 888. The second kappa shape index (κ2) is 8.95. The van der Waals surface area contributed by atoms with E-state index in [4.69, 9.17) is 0 Å². The highest BCUT2D eigenvalue weighted by Gasteiger charge is 2.39. The molecule has 2 aliphatic rings. The van der Waals surface area contributed by atoms with E-state index in [1.165, 1.54) is 12.8 Å². The van der Waals surface area contributed by atoms with Crippen molar-refractivity contribution in [3.8, 4) is 0 Å². The molecule has 1 atom stereocenters. The fraction of sp³-hybridized carbons (Fsp3) is 0.545. The predicted molar refractivity (Wildman–Crippen MR) is 113 cm³/mol. The molecular weight excluding hydrogens is 380 g/mol. The molecule has 4 rings (SSSR count). The molecule has 8 nitrogen and oxygen atoms in total. The number of imidazole rings is 1. The number of hydrogen-bond acceptors (Lipinski definition) is 5. The van der Waals surface area contributed by atoms with Crippen molar-refractivity contribution in [3.63, 3.8) is 0 Å². The number of likely N-dealkylation sites (tertiary alicyclic amines) is 1. The van der Waals surface area contributed by atoms with Crippen molar-refractivity contribution >= 4 is 11.8 Å². The number of carbonyl (C=O) groups is 2. The first-order valence-corrected chi connectivity index (χ1v) is 10.8. The Hall–Kier alpha value is -2.74. The summed E-state index contributed by atoms with van der Waals surface area (Å²) in [5.41, 5.74) is 2.22. The maximum Gasteiger partial charge on any atom is 0.256 e. The Balaban J connectivity index is 1.59. The van der Waals surface area contributed by atoms with E-state index in [0.29, 0.717) is 25.1 Å². The highest BCUT2D eigenvalue weighted by molar-refractivity contribution is 5.98. The number of rotatable bonds is 6. The van der Waals surface area contributed by atoms with Gasteiger partial charge in [0.15, 0.2) is 6.04 Å². The lowest BCUT2D eigenvalue weighted by molar-refractivity contribution is -0.126. The zero-order chi connectivity index (χ0) is 21.1. The molecule has 1 N–H and O–H groups in total. The first-order valence-electron chi connectivity index (χ1n) is 10.8. The Morgan fingerprint density at radius 1 is 1.23 bits per heavy atom. The van der Waals surface area contributed by atoms with Gasteiger partial charge in [0, 0.05) is 44.5 Å². The van der Waals surface area contributed by atoms with Crippen LogP contribution in [0.1, 0.15) is 60.5 Å². The summed E-state index contributed by atoms with van der Waals surface area (Å²) in [7, 11) is 0. The number of fused-ring (bicyclic) bond motifs is 1. The van der Waals surface area contributed by atoms with Gasteiger partial charge in [0.2, 0.25) is 5.91 Å². The third-order valence-electron chi connectivity index (χ3n) is 5.97. The first-order chi connectivity index (χ1) is 14.6. The van der Waals surface area contributed by atoms with Crippen LogP contribution in [0.5, 0.6) is 0 Å². The molecule has 0 saturated carbocycles. The Kier molecular flexibility index (Phi) is 6.13. The Morgan fingerprint density at radius 2 is 2.03 bits per heavy atom. The smallest absolute Gasteiger partial charge is 0.256 e. The van der Waals surface area contributed by atoms with Gasteiger partial charge >= 0.3 is 0 Å². The van der Waals surface area contributed by atoms with Crippen LogP contribution in [0.3, 0.4) is 0 Å². The summed E-state index contributed by atoms with van der Waals surface area (Å²) in [5.74, 6) is -0.320. The molecular formula is C22H30N6O2. The lowest BCUT2D eigenvalue weighted by atomic mass is 9.99. The molecule has 0 aromatic carbocycles. The SMILES string of the molecule is CC(C)n1cnc2c1C(C(=O)NCCN1CCCC1)N(C(=O)c1cccnc1)CC2. The van der Waals surface area contributed by atoms with Gasteiger partial charge in [-0.3, -0.25) is 14.6 Å². The van der Waals surface area contributed by atoms with Gasteiger partial charge in [0.1, 0.15) is 0 Å². The van der Waals surface area contributed by atoms with Crippen LogP contribution in [0, 0.1) is 0 Å². The van der Waals surface area contributed by atoms with Gasteiger partial charge in [-0.1, -0.05) is 0 Å². The van der Waals surface area contributed by atoms with Crippen LogP contribution >= 0.6 is 0 Å². The molecule has 2 aromatic rings. The van der Waals surface area contributed by atoms with E-state index < -0.39 is 6.04 Å². The third-order valence-corrected chi connectivity index (χ3v) is 5.97. The van der Waals surface area contributed by atoms with E-state index in [1.54, 1.807) is 35.8 Å². The molecule has 0 radical (unpaired) electrons. The van der Waals surface area contributed by atoms with E-state index in [9.17, 15) is 9.59 Å². The summed E-state index contributed by atoms with van der Waals surface area (Å²) in [4.78, 5) is 39.3. The molecule has 0 aliphatic carbocycles. The average molecular weight is 411 g/mol. The van der Waals surface area contributed by atoms with Crippen LogP contribution in [0.2, 0.25) is 0 Å². The van der Waals surface area contributed by atoms with Crippen LogP contribution < -0.4 is 5.32 Å². The Labute approximate surface area is 177 Å². The van der Waals surface area contributed by atoms with Gasteiger partial charge in [-0.05, 0) is 51.9 Å². The summed E-state index contributed by atoms with van der Waals surface area (Å²) in [6, 6.07) is 2.94. The zero-order valence-corrected chi connectivity index (χ0v) is 17.8. The highest BCUT2D eigenvalue weighted by Crippen LogP contribution is 2.32. The summed E-state index contributed by atoms with van der Waals surface area (Å²) >= 11 is 0. The molecule has 1 unspecified atom stereocenters. The number of carbonyl (C=O) groups excluding carboxylic acids is 2. The largest absolute Gasteiger partial charge is 0.353 e. The van der Waals surface area contributed by atoms with Crippen molar-refractivity contribution in [2.75, 3.05) is 32.7 Å². The monoisotopic (exact) mass is 410 g/mol. The highest BCUT2D eigenvalue weighted by atomic mass is 16.2. The second-order valence-electron chi connectivity index (χ2n) is 8.31. The van der Waals surface area contributed by atoms with Gasteiger partial charge in [-0.15, -0.1) is 0 Å².